The Morgan fingerprint density at radius 2 is 2.14 bits per heavy atom. The average Bonchev–Trinajstić information content (AvgIpc) is 3.16. The standard InChI is InChI=1S/C16H13N3OS/c20-16(18-12-2-3-12)14-4-1-10-7-17-8-13(15(10)19-14)11-5-6-21-9-11/h1,4-9,12H,2-3H2,(H,18,20). The van der Waals surface area contributed by atoms with E-state index in [2.05, 4.69) is 20.7 Å². The van der Waals surface area contributed by atoms with E-state index >= 15 is 0 Å². The molecule has 104 valence electrons. The molecule has 0 spiro atoms. The van der Waals surface area contributed by atoms with Crippen LogP contribution in [0.25, 0.3) is 22.0 Å². The Morgan fingerprint density at radius 3 is 2.90 bits per heavy atom. The van der Waals surface area contributed by atoms with Crippen LogP contribution in [0.1, 0.15) is 23.3 Å². The minimum absolute atomic E-state index is 0.0903. The zero-order valence-electron chi connectivity index (χ0n) is 11.2. The number of fused-ring (bicyclic) bond motifs is 1. The van der Waals surface area contributed by atoms with Crippen molar-refractivity contribution < 1.29 is 4.79 Å². The van der Waals surface area contributed by atoms with Gasteiger partial charge >= 0.3 is 0 Å². The van der Waals surface area contributed by atoms with Crippen LogP contribution in [0.4, 0.5) is 0 Å². The first-order valence-corrected chi connectivity index (χ1v) is 7.84. The van der Waals surface area contributed by atoms with Crippen molar-refractivity contribution in [1.29, 1.82) is 0 Å². The van der Waals surface area contributed by atoms with Crippen LogP contribution in [-0.4, -0.2) is 21.9 Å². The van der Waals surface area contributed by atoms with Crippen LogP contribution in [-0.2, 0) is 0 Å². The van der Waals surface area contributed by atoms with E-state index in [0.29, 0.717) is 11.7 Å². The van der Waals surface area contributed by atoms with Crippen molar-refractivity contribution in [2.45, 2.75) is 18.9 Å². The summed E-state index contributed by atoms with van der Waals surface area (Å²) < 4.78 is 0. The Kier molecular flexibility index (Phi) is 2.93. The quantitative estimate of drug-likeness (QED) is 0.807. The van der Waals surface area contributed by atoms with Crippen LogP contribution < -0.4 is 5.32 Å². The summed E-state index contributed by atoms with van der Waals surface area (Å²) in [6, 6.07) is 6.05. The number of thiophene rings is 1. The molecule has 3 heterocycles. The molecule has 1 fully saturated rings. The molecule has 0 atom stereocenters. The highest BCUT2D eigenvalue weighted by atomic mass is 32.1. The van der Waals surface area contributed by atoms with Crippen molar-refractivity contribution in [2.75, 3.05) is 0 Å². The number of nitrogens with one attached hydrogen (secondary N) is 1. The van der Waals surface area contributed by atoms with Crippen LogP contribution in [0.5, 0.6) is 0 Å². The predicted octanol–water partition coefficient (Wildman–Crippen LogP) is 3.25. The fourth-order valence-corrected chi connectivity index (χ4v) is 2.94. The normalized spacial score (nSPS) is 14.3. The third-order valence-corrected chi connectivity index (χ3v) is 4.26. The lowest BCUT2D eigenvalue weighted by molar-refractivity contribution is 0.0946. The molecule has 0 aromatic carbocycles. The zero-order valence-corrected chi connectivity index (χ0v) is 12.1. The van der Waals surface area contributed by atoms with E-state index in [-0.39, 0.29) is 5.91 Å². The third kappa shape index (κ3) is 2.40. The summed E-state index contributed by atoms with van der Waals surface area (Å²) in [5.41, 5.74) is 3.35. The Morgan fingerprint density at radius 1 is 1.24 bits per heavy atom. The van der Waals surface area contributed by atoms with Crippen molar-refractivity contribution >= 4 is 28.1 Å². The Hall–Kier alpha value is -2.27. The number of amides is 1. The fourth-order valence-electron chi connectivity index (χ4n) is 2.29. The van der Waals surface area contributed by atoms with Crippen molar-refractivity contribution in [3.63, 3.8) is 0 Å². The highest BCUT2D eigenvalue weighted by molar-refractivity contribution is 7.08. The summed E-state index contributed by atoms with van der Waals surface area (Å²) in [6.45, 7) is 0. The number of carbonyl (C=O) groups excluding carboxylic acids is 1. The van der Waals surface area contributed by atoms with E-state index < -0.39 is 0 Å². The Bertz CT molecular complexity index is 810. The summed E-state index contributed by atoms with van der Waals surface area (Å²) in [5, 5.41) is 8.01. The summed E-state index contributed by atoms with van der Waals surface area (Å²) >= 11 is 1.64. The molecule has 0 saturated heterocycles. The second-order valence-electron chi connectivity index (χ2n) is 5.22. The van der Waals surface area contributed by atoms with Crippen LogP contribution >= 0.6 is 11.3 Å². The first-order valence-electron chi connectivity index (χ1n) is 6.89. The third-order valence-electron chi connectivity index (χ3n) is 3.58. The van der Waals surface area contributed by atoms with Gasteiger partial charge in [-0.15, -0.1) is 0 Å². The first-order chi connectivity index (χ1) is 10.3. The molecule has 5 heteroatoms. The van der Waals surface area contributed by atoms with Gasteiger partial charge in [0.25, 0.3) is 5.91 Å². The summed E-state index contributed by atoms with van der Waals surface area (Å²) in [7, 11) is 0. The number of hydrogen-bond acceptors (Lipinski definition) is 4. The van der Waals surface area contributed by atoms with E-state index in [9.17, 15) is 4.79 Å². The molecule has 0 bridgehead atoms. The topological polar surface area (TPSA) is 54.9 Å². The molecule has 1 saturated carbocycles. The van der Waals surface area contributed by atoms with Gasteiger partial charge in [-0.1, -0.05) is 0 Å². The van der Waals surface area contributed by atoms with Gasteiger partial charge < -0.3 is 5.32 Å². The molecular weight excluding hydrogens is 282 g/mol. The van der Waals surface area contributed by atoms with Gasteiger partial charge in [0.05, 0.1) is 5.52 Å². The average molecular weight is 295 g/mol. The Balaban J connectivity index is 1.81. The molecule has 1 aliphatic carbocycles. The minimum atomic E-state index is -0.0903. The molecule has 1 N–H and O–H groups in total. The van der Waals surface area contributed by atoms with Gasteiger partial charge in [0, 0.05) is 29.4 Å². The van der Waals surface area contributed by atoms with Gasteiger partial charge in [-0.25, -0.2) is 4.98 Å². The second kappa shape index (κ2) is 4.93. The maximum Gasteiger partial charge on any atom is 0.270 e. The number of carbonyl (C=O) groups is 1. The number of hydrogen-bond donors (Lipinski definition) is 1. The van der Waals surface area contributed by atoms with Gasteiger partial charge in [0.2, 0.25) is 0 Å². The molecule has 0 unspecified atom stereocenters. The molecule has 1 amide bonds. The summed E-state index contributed by atoms with van der Waals surface area (Å²) in [5.74, 6) is -0.0903. The molecule has 1 aliphatic rings. The van der Waals surface area contributed by atoms with Crippen LogP contribution in [0.3, 0.4) is 0 Å². The smallest absolute Gasteiger partial charge is 0.270 e. The number of aromatic nitrogens is 2. The van der Waals surface area contributed by atoms with E-state index in [1.165, 1.54) is 0 Å². The Labute approximate surface area is 125 Å². The number of nitrogens with zero attached hydrogens (tertiary/aromatic N) is 2. The second-order valence-corrected chi connectivity index (χ2v) is 6.00. The maximum atomic E-state index is 12.1. The zero-order chi connectivity index (χ0) is 14.2. The molecule has 3 aromatic rings. The number of rotatable bonds is 3. The SMILES string of the molecule is O=C(NC1CC1)c1ccc2cncc(-c3ccsc3)c2n1. The van der Waals surface area contributed by atoms with Gasteiger partial charge in [-0.05, 0) is 47.4 Å². The first kappa shape index (κ1) is 12.5. The molecule has 21 heavy (non-hydrogen) atoms. The molecule has 4 rings (SSSR count). The maximum absolute atomic E-state index is 12.1. The molecule has 3 aromatic heterocycles. The van der Waals surface area contributed by atoms with Crippen molar-refractivity contribution in [1.82, 2.24) is 15.3 Å². The molecule has 4 nitrogen and oxygen atoms in total. The van der Waals surface area contributed by atoms with Crippen molar-refractivity contribution in [2.24, 2.45) is 0 Å². The van der Waals surface area contributed by atoms with E-state index in [1.807, 2.05) is 17.5 Å². The largest absolute Gasteiger partial charge is 0.348 e. The van der Waals surface area contributed by atoms with Gasteiger partial charge in [-0.2, -0.15) is 11.3 Å². The fraction of sp³-hybridized carbons (Fsp3) is 0.188. The van der Waals surface area contributed by atoms with Crippen LogP contribution in [0.2, 0.25) is 0 Å². The lowest BCUT2D eigenvalue weighted by atomic mass is 10.1. The number of pyridine rings is 2. The summed E-state index contributed by atoms with van der Waals surface area (Å²) in [4.78, 5) is 21.0. The molecule has 0 radical (unpaired) electrons. The van der Waals surface area contributed by atoms with E-state index in [1.54, 1.807) is 29.8 Å². The highest BCUT2D eigenvalue weighted by Gasteiger charge is 2.24. The summed E-state index contributed by atoms with van der Waals surface area (Å²) in [6.07, 6.45) is 5.73. The van der Waals surface area contributed by atoms with E-state index in [4.69, 9.17) is 0 Å². The molecular formula is C16H13N3OS. The van der Waals surface area contributed by atoms with Gasteiger partial charge in [-0.3, -0.25) is 9.78 Å². The van der Waals surface area contributed by atoms with Gasteiger partial charge in [0.15, 0.2) is 0 Å². The lowest BCUT2D eigenvalue weighted by Crippen LogP contribution is -2.26. The minimum Gasteiger partial charge on any atom is -0.348 e. The van der Waals surface area contributed by atoms with Gasteiger partial charge in [0.1, 0.15) is 5.69 Å². The highest BCUT2D eigenvalue weighted by Crippen LogP contribution is 2.28. The van der Waals surface area contributed by atoms with Crippen molar-refractivity contribution in [3.05, 3.63) is 47.0 Å². The van der Waals surface area contributed by atoms with Crippen LogP contribution in [0, 0.1) is 0 Å². The predicted molar refractivity (Wildman–Crippen MR) is 83.3 cm³/mol. The molecule has 0 aliphatic heterocycles. The van der Waals surface area contributed by atoms with Crippen molar-refractivity contribution in [3.8, 4) is 11.1 Å². The monoisotopic (exact) mass is 295 g/mol. The van der Waals surface area contributed by atoms with Crippen LogP contribution in [0.15, 0.2) is 41.4 Å². The lowest BCUT2D eigenvalue weighted by Gasteiger charge is -2.07. The van der Waals surface area contributed by atoms with E-state index in [0.717, 1.165) is 34.9 Å².